The average molecular weight is 336 g/mol. The van der Waals surface area contributed by atoms with E-state index in [-0.39, 0.29) is 5.91 Å². The van der Waals surface area contributed by atoms with Crippen LogP contribution in [-0.2, 0) is 6.42 Å². The zero-order valence-corrected chi connectivity index (χ0v) is 13.1. The predicted octanol–water partition coefficient (Wildman–Crippen LogP) is 4.41. The fourth-order valence-electron chi connectivity index (χ4n) is 2.51. The molecular formula is C15H14BrNOS. The van der Waals surface area contributed by atoms with E-state index in [1.54, 1.807) is 11.3 Å². The number of hydrogen-bond donors (Lipinski definition) is 0. The van der Waals surface area contributed by atoms with Crippen molar-refractivity contribution in [2.24, 2.45) is 0 Å². The van der Waals surface area contributed by atoms with E-state index in [9.17, 15) is 4.79 Å². The summed E-state index contributed by atoms with van der Waals surface area (Å²) in [4.78, 5) is 14.5. The molecule has 0 bridgehead atoms. The number of hydrogen-bond acceptors (Lipinski definition) is 2. The minimum absolute atomic E-state index is 0.103. The molecule has 0 unspecified atom stereocenters. The summed E-state index contributed by atoms with van der Waals surface area (Å²) < 4.78 is 0.997. The van der Waals surface area contributed by atoms with Gasteiger partial charge in [0.1, 0.15) is 0 Å². The molecule has 1 amide bonds. The highest BCUT2D eigenvalue weighted by molar-refractivity contribution is 9.11. The van der Waals surface area contributed by atoms with Gasteiger partial charge in [0.2, 0.25) is 0 Å². The Morgan fingerprint density at radius 2 is 2.21 bits per heavy atom. The highest BCUT2D eigenvalue weighted by Crippen LogP contribution is 2.30. The van der Waals surface area contributed by atoms with E-state index in [0.717, 1.165) is 34.4 Å². The molecule has 1 aliphatic heterocycles. The molecule has 1 aromatic carbocycles. The Labute approximate surface area is 125 Å². The second kappa shape index (κ2) is 5.10. The molecule has 0 radical (unpaired) electrons. The van der Waals surface area contributed by atoms with Crippen molar-refractivity contribution in [3.8, 4) is 0 Å². The average Bonchev–Trinajstić information content (AvgIpc) is 2.83. The second-order valence-corrected chi connectivity index (χ2v) is 7.12. The number of carbonyl (C=O) groups excluding carboxylic acids is 1. The van der Waals surface area contributed by atoms with Gasteiger partial charge in [-0.3, -0.25) is 4.79 Å². The van der Waals surface area contributed by atoms with Gasteiger partial charge in [0.15, 0.2) is 0 Å². The van der Waals surface area contributed by atoms with E-state index in [0.29, 0.717) is 0 Å². The van der Waals surface area contributed by atoms with Crippen LogP contribution in [0.4, 0.5) is 5.69 Å². The van der Waals surface area contributed by atoms with Crippen molar-refractivity contribution >= 4 is 38.9 Å². The number of amides is 1. The van der Waals surface area contributed by atoms with Crippen LogP contribution in [0.1, 0.15) is 27.9 Å². The molecule has 0 fully saturated rings. The maximum absolute atomic E-state index is 12.6. The minimum atomic E-state index is 0.103. The van der Waals surface area contributed by atoms with E-state index in [1.165, 1.54) is 11.1 Å². The fourth-order valence-corrected chi connectivity index (χ4v) is 3.65. The molecular weight excluding hydrogens is 322 g/mol. The number of benzene rings is 1. The van der Waals surface area contributed by atoms with Crippen LogP contribution in [0.25, 0.3) is 0 Å². The lowest BCUT2D eigenvalue weighted by Gasteiger charge is -2.29. The molecule has 0 atom stereocenters. The van der Waals surface area contributed by atoms with Gasteiger partial charge < -0.3 is 4.90 Å². The Balaban J connectivity index is 1.97. The van der Waals surface area contributed by atoms with Crippen LogP contribution in [0.3, 0.4) is 0 Å². The number of carbonyl (C=O) groups is 1. The van der Waals surface area contributed by atoms with Crippen molar-refractivity contribution < 1.29 is 4.79 Å². The van der Waals surface area contributed by atoms with Crippen LogP contribution < -0.4 is 4.90 Å². The molecule has 98 valence electrons. The molecule has 0 aliphatic carbocycles. The van der Waals surface area contributed by atoms with Gasteiger partial charge in [0, 0.05) is 17.6 Å². The Kier molecular flexibility index (Phi) is 3.46. The first-order valence-electron chi connectivity index (χ1n) is 6.30. The monoisotopic (exact) mass is 335 g/mol. The topological polar surface area (TPSA) is 20.3 Å². The summed E-state index contributed by atoms with van der Waals surface area (Å²) in [5.74, 6) is 0.103. The normalized spacial score (nSPS) is 14.3. The van der Waals surface area contributed by atoms with Gasteiger partial charge in [0.05, 0.1) is 9.35 Å². The molecule has 0 saturated heterocycles. The number of halogens is 1. The third kappa shape index (κ3) is 2.47. The summed E-state index contributed by atoms with van der Waals surface area (Å²) >= 11 is 4.96. The van der Waals surface area contributed by atoms with Crippen LogP contribution in [0.2, 0.25) is 0 Å². The molecule has 3 rings (SSSR count). The van der Waals surface area contributed by atoms with E-state index >= 15 is 0 Å². The van der Waals surface area contributed by atoms with E-state index in [2.05, 4.69) is 41.1 Å². The molecule has 0 saturated carbocycles. The summed E-state index contributed by atoms with van der Waals surface area (Å²) in [5.41, 5.74) is 4.38. The Bertz CT molecular complexity index is 635. The largest absolute Gasteiger partial charge is 0.308 e. The van der Waals surface area contributed by atoms with Crippen LogP contribution in [0, 0.1) is 6.92 Å². The van der Waals surface area contributed by atoms with Crippen LogP contribution >= 0.6 is 27.3 Å². The standard InChI is InChI=1S/C15H14BrNOS/c1-10-4-5-13-11(7-10)3-2-6-17(13)15(18)12-8-14(16)19-9-12/h4-5,7-9H,2-3,6H2,1H3. The molecule has 0 N–H and O–H groups in total. The van der Waals surface area contributed by atoms with Crippen molar-refractivity contribution in [3.63, 3.8) is 0 Å². The molecule has 2 aromatic rings. The first kappa shape index (κ1) is 12.9. The molecule has 0 spiro atoms. The summed E-state index contributed by atoms with van der Waals surface area (Å²) in [6.07, 6.45) is 2.10. The number of rotatable bonds is 1. The third-order valence-corrected chi connectivity index (χ3v) is 4.92. The van der Waals surface area contributed by atoms with Gasteiger partial charge in [-0.05, 0) is 53.4 Å². The molecule has 19 heavy (non-hydrogen) atoms. The Hall–Kier alpha value is -1.13. The van der Waals surface area contributed by atoms with Crippen molar-refractivity contribution in [2.75, 3.05) is 11.4 Å². The molecule has 4 heteroatoms. The summed E-state index contributed by atoms with van der Waals surface area (Å²) in [6.45, 7) is 2.90. The van der Waals surface area contributed by atoms with Crippen LogP contribution in [0.15, 0.2) is 33.4 Å². The first-order chi connectivity index (χ1) is 9.15. The maximum Gasteiger partial charge on any atom is 0.259 e. The minimum Gasteiger partial charge on any atom is -0.308 e. The molecule has 2 nitrogen and oxygen atoms in total. The number of anilines is 1. The molecule has 2 heterocycles. The van der Waals surface area contributed by atoms with Crippen molar-refractivity contribution in [3.05, 3.63) is 50.1 Å². The van der Waals surface area contributed by atoms with Gasteiger partial charge in [-0.2, -0.15) is 0 Å². The lowest BCUT2D eigenvalue weighted by Crippen LogP contribution is -2.35. The Morgan fingerprint density at radius 3 is 2.95 bits per heavy atom. The second-order valence-electron chi connectivity index (χ2n) is 4.83. The highest BCUT2D eigenvalue weighted by atomic mass is 79.9. The van der Waals surface area contributed by atoms with Crippen molar-refractivity contribution in [1.29, 1.82) is 0 Å². The lowest BCUT2D eigenvalue weighted by molar-refractivity contribution is 0.0985. The quantitative estimate of drug-likeness (QED) is 0.755. The predicted molar refractivity (Wildman–Crippen MR) is 83.2 cm³/mol. The van der Waals surface area contributed by atoms with Crippen LogP contribution in [0.5, 0.6) is 0 Å². The van der Waals surface area contributed by atoms with E-state index in [1.807, 2.05) is 16.3 Å². The summed E-state index contributed by atoms with van der Waals surface area (Å²) in [7, 11) is 0. The van der Waals surface area contributed by atoms with Gasteiger partial charge in [-0.1, -0.05) is 17.7 Å². The molecule has 1 aliphatic rings. The first-order valence-corrected chi connectivity index (χ1v) is 7.98. The molecule has 1 aromatic heterocycles. The van der Waals surface area contributed by atoms with E-state index in [4.69, 9.17) is 0 Å². The smallest absolute Gasteiger partial charge is 0.259 e. The maximum atomic E-state index is 12.6. The SMILES string of the molecule is Cc1ccc2c(c1)CCCN2C(=O)c1csc(Br)c1. The van der Waals surface area contributed by atoms with Gasteiger partial charge >= 0.3 is 0 Å². The Morgan fingerprint density at radius 1 is 1.37 bits per heavy atom. The summed E-state index contributed by atoms with van der Waals surface area (Å²) in [6, 6.07) is 8.24. The highest BCUT2D eigenvalue weighted by Gasteiger charge is 2.24. The zero-order chi connectivity index (χ0) is 13.4. The number of fused-ring (bicyclic) bond motifs is 1. The number of aryl methyl sites for hydroxylation is 2. The van der Waals surface area contributed by atoms with E-state index < -0.39 is 0 Å². The van der Waals surface area contributed by atoms with Crippen molar-refractivity contribution in [2.45, 2.75) is 19.8 Å². The van der Waals surface area contributed by atoms with Gasteiger partial charge in [-0.25, -0.2) is 0 Å². The van der Waals surface area contributed by atoms with Crippen molar-refractivity contribution in [1.82, 2.24) is 0 Å². The number of thiophene rings is 1. The fraction of sp³-hybridized carbons (Fsp3) is 0.267. The summed E-state index contributed by atoms with van der Waals surface area (Å²) in [5, 5.41) is 1.91. The van der Waals surface area contributed by atoms with Crippen LogP contribution in [-0.4, -0.2) is 12.5 Å². The van der Waals surface area contributed by atoms with Gasteiger partial charge in [-0.15, -0.1) is 11.3 Å². The van der Waals surface area contributed by atoms with Gasteiger partial charge in [0.25, 0.3) is 5.91 Å². The lowest BCUT2D eigenvalue weighted by atomic mass is 9.99. The third-order valence-electron chi connectivity index (χ3n) is 3.41. The zero-order valence-electron chi connectivity index (χ0n) is 10.6. The number of nitrogens with zero attached hydrogens (tertiary/aromatic N) is 1.